The largest absolute Gasteiger partial charge is 0.272 e. The van der Waals surface area contributed by atoms with Gasteiger partial charge in [0.1, 0.15) is 18.5 Å². The summed E-state index contributed by atoms with van der Waals surface area (Å²) >= 11 is 0. The zero-order valence-corrected chi connectivity index (χ0v) is 18.0. The zero-order valence-electron chi connectivity index (χ0n) is 18.0. The molecule has 0 bridgehead atoms. The van der Waals surface area contributed by atoms with Crippen molar-refractivity contribution < 1.29 is 0 Å². The van der Waals surface area contributed by atoms with E-state index in [0.29, 0.717) is 0 Å². The van der Waals surface area contributed by atoms with Gasteiger partial charge in [-0.2, -0.15) is 0 Å². The summed E-state index contributed by atoms with van der Waals surface area (Å²) in [7, 11) is 0. The van der Waals surface area contributed by atoms with E-state index in [0.717, 1.165) is 17.1 Å². The van der Waals surface area contributed by atoms with Crippen LogP contribution < -0.4 is 0 Å². The Kier molecular flexibility index (Phi) is 8.25. The number of rotatable bonds is 9. The van der Waals surface area contributed by atoms with Crippen LogP contribution in [-0.2, 0) is 0 Å². The van der Waals surface area contributed by atoms with E-state index in [2.05, 4.69) is 19.9 Å². The highest BCUT2D eigenvalue weighted by molar-refractivity contribution is 5.78. The summed E-state index contributed by atoms with van der Waals surface area (Å²) in [5.41, 5.74) is 2.43. The average molecular weight is 414 g/mol. The highest BCUT2D eigenvalue weighted by atomic mass is 15.4. The van der Waals surface area contributed by atoms with Crippen LogP contribution in [0.3, 0.4) is 0 Å². The standard InChI is InChI=1S/C24H27N7/c1-19(28-16-22-10-4-7-13-25-22)31(20(2)29-17-23-11-5-8-14-26-23)21(3)30-18-24-12-6-9-15-27-24/h4-21H,1-3H3/b28-16+,29-17+,30-18+. The smallest absolute Gasteiger partial charge is 0.102 e. The van der Waals surface area contributed by atoms with Crippen LogP contribution in [0.4, 0.5) is 0 Å². The Morgan fingerprint density at radius 3 is 1.16 bits per heavy atom. The van der Waals surface area contributed by atoms with Crippen molar-refractivity contribution in [1.82, 2.24) is 19.9 Å². The summed E-state index contributed by atoms with van der Waals surface area (Å²) in [5, 5.41) is 0. The molecule has 0 spiro atoms. The van der Waals surface area contributed by atoms with Crippen molar-refractivity contribution >= 4 is 18.6 Å². The lowest BCUT2D eigenvalue weighted by Gasteiger charge is -2.33. The molecule has 31 heavy (non-hydrogen) atoms. The molecule has 0 aliphatic carbocycles. The predicted molar refractivity (Wildman–Crippen MR) is 126 cm³/mol. The monoisotopic (exact) mass is 413 g/mol. The molecule has 0 amide bonds. The molecule has 0 N–H and O–H groups in total. The topological polar surface area (TPSA) is 79.0 Å². The number of nitrogens with zero attached hydrogens (tertiary/aromatic N) is 7. The number of hydrogen-bond acceptors (Lipinski definition) is 7. The van der Waals surface area contributed by atoms with E-state index in [1.165, 1.54) is 0 Å². The quantitative estimate of drug-likeness (QED) is 0.499. The molecule has 3 aromatic rings. The van der Waals surface area contributed by atoms with E-state index in [4.69, 9.17) is 15.0 Å². The Balaban J connectivity index is 1.80. The minimum absolute atomic E-state index is 0.172. The Hall–Kier alpha value is -3.58. The van der Waals surface area contributed by atoms with Crippen molar-refractivity contribution in [2.75, 3.05) is 0 Å². The van der Waals surface area contributed by atoms with Crippen LogP contribution in [0.2, 0.25) is 0 Å². The zero-order chi connectivity index (χ0) is 21.9. The van der Waals surface area contributed by atoms with Gasteiger partial charge in [-0.05, 0) is 57.2 Å². The van der Waals surface area contributed by atoms with Gasteiger partial charge in [0.25, 0.3) is 0 Å². The van der Waals surface area contributed by atoms with Crippen molar-refractivity contribution in [1.29, 1.82) is 0 Å². The third-order valence-electron chi connectivity index (χ3n) is 4.63. The van der Waals surface area contributed by atoms with Gasteiger partial charge in [0.05, 0.1) is 17.1 Å². The van der Waals surface area contributed by atoms with Gasteiger partial charge in [-0.3, -0.25) is 29.9 Å². The van der Waals surface area contributed by atoms with E-state index in [1.807, 2.05) is 75.4 Å². The average Bonchev–Trinajstić information content (AvgIpc) is 2.82. The first-order valence-electron chi connectivity index (χ1n) is 10.2. The summed E-state index contributed by atoms with van der Waals surface area (Å²) in [4.78, 5) is 29.2. The second kappa shape index (κ2) is 11.6. The molecule has 0 radical (unpaired) electrons. The molecule has 0 saturated heterocycles. The van der Waals surface area contributed by atoms with Gasteiger partial charge in [0.15, 0.2) is 0 Å². The molecule has 3 aromatic heterocycles. The van der Waals surface area contributed by atoms with Crippen LogP contribution in [0.5, 0.6) is 0 Å². The van der Waals surface area contributed by atoms with Crippen molar-refractivity contribution in [3.63, 3.8) is 0 Å². The van der Waals surface area contributed by atoms with Crippen molar-refractivity contribution in [2.45, 2.75) is 39.3 Å². The third kappa shape index (κ3) is 7.01. The van der Waals surface area contributed by atoms with Crippen LogP contribution in [0, 0.1) is 0 Å². The molecule has 0 aromatic carbocycles. The summed E-state index contributed by atoms with van der Waals surface area (Å²) in [6.07, 6.45) is 10.1. The van der Waals surface area contributed by atoms with E-state index in [1.54, 1.807) is 37.2 Å². The van der Waals surface area contributed by atoms with Crippen LogP contribution >= 0.6 is 0 Å². The minimum Gasteiger partial charge on any atom is -0.272 e. The number of aliphatic imine (C=N–C) groups is 3. The van der Waals surface area contributed by atoms with Gasteiger partial charge in [-0.15, -0.1) is 0 Å². The fourth-order valence-electron chi connectivity index (χ4n) is 3.08. The fourth-order valence-corrected chi connectivity index (χ4v) is 3.08. The van der Waals surface area contributed by atoms with E-state index in [9.17, 15) is 0 Å². The highest BCUT2D eigenvalue weighted by Gasteiger charge is 2.24. The minimum atomic E-state index is -0.172. The predicted octanol–water partition coefficient (Wildman–Crippen LogP) is 3.87. The molecule has 3 rings (SSSR count). The van der Waals surface area contributed by atoms with Crippen LogP contribution in [0.15, 0.2) is 88.2 Å². The SMILES string of the molecule is CC(/N=C/c1ccccn1)N(C(C)/N=C/c1ccccn1)C(C)/N=C/c1ccccn1. The van der Waals surface area contributed by atoms with Gasteiger partial charge >= 0.3 is 0 Å². The molecule has 0 saturated carbocycles. The molecule has 3 atom stereocenters. The lowest BCUT2D eigenvalue weighted by Crippen LogP contribution is -2.44. The maximum atomic E-state index is 4.71. The molecular weight excluding hydrogens is 386 g/mol. The lowest BCUT2D eigenvalue weighted by molar-refractivity contribution is 0.118. The molecule has 7 heteroatoms. The van der Waals surface area contributed by atoms with Gasteiger partial charge in [0.2, 0.25) is 0 Å². The van der Waals surface area contributed by atoms with Crippen LogP contribution in [0.1, 0.15) is 37.9 Å². The fraction of sp³-hybridized carbons (Fsp3) is 0.250. The summed E-state index contributed by atoms with van der Waals surface area (Å²) in [6.45, 7) is 6.08. The second-order valence-electron chi connectivity index (χ2n) is 6.94. The van der Waals surface area contributed by atoms with Gasteiger partial charge < -0.3 is 0 Å². The molecule has 158 valence electrons. The molecule has 7 nitrogen and oxygen atoms in total. The summed E-state index contributed by atoms with van der Waals surface area (Å²) < 4.78 is 0. The van der Waals surface area contributed by atoms with Crippen LogP contribution in [-0.4, -0.2) is 57.0 Å². The van der Waals surface area contributed by atoms with Gasteiger partial charge in [-0.1, -0.05) is 18.2 Å². The Morgan fingerprint density at radius 2 is 0.903 bits per heavy atom. The molecule has 0 aliphatic heterocycles. The third-order valence-corrected chi connectivity index (χ3v) is 4.63. The van der Waals surface area contributed by atoms with Gasteiger partial charge in [0, 0.05) is 37.2 Å². The number of hydrogen-bond donors (Lipinski definition) is 0. The maximum Gasteiger partial charge on any atom is 0.102 e. The first kappa shape index (κ1) is 22.1. The molecular formula is C24H27N7. The first-order chi connectivity index (χ1) is 15.1. The van der Waals surface area contributed by atoms with E-state index < -0.39 is 0 Å². The molecule has 0 aliphatic rings. The first-order valence-corrected chi connectivity index (χ1v) is 10.2. The van der Waals surface area contributed by atoms with Crippen molar-refractivity contribution in [2.24, 2.45) is 15.0 Å². The lowest BCUT2D eigenvalue weighted by atomic mass is 10.3. The van der Waals surface area contributed by atoms with E-state index >= 15 is 0 Å². The summed E-state index contributed by atoms with van der Waals surface area (Å²) in [5.74, 6) is 0. The molecule has 3 unspecified atom stereocenters. The van der Waals surface area contributed by atoms with Gasteiger partial charge in [-0.25, -0.2) is 4.90 Å². The Bertz CT molecular complexity index is 856. The molecule has 3 heterocycles. The molecule has 0 fully saturated rings. The normalized spacial score (nSPS) is 15.1. The van der Waals surface area contributed by atoms with Crippen molar-refractivity contribution in [3.05, 3.63) is 90.3 Å². The Morgan fingerprint density at radius 1 is 0.581 bits per heavy atom. The number of aromatic nitrogens is 3. The number of pyridine rings is 3. The van der Waals surface area contributed by atoms with Crippen LogP contribution in [0.25, 0.3) is 0 Å². The van der Waals surface area contributed by atoms with E-state index in [-0.39, 0.29) is 18.5 Å². The summed E-state index contributed by atoms with van der Waals surface area (Å²) in [6, 6.07) is 17.2. The highest BCUT2D eigenvalue weighted by Crippen LogP contribution is 2.15. The Labute approximate surface area is 183 Å². The maximum absolute atomic E-state index is 4.71. The second-order valence-corrected chi connectivity index (χ2v) is 6.94. The van der Waals surface area contributed by atoms with Crippen molar-refractivity contribution in [3.8, 4) is 0 Å².